The number of hydrogen-bond donors (Lipinski definition) is 1. The van der Waals surface area contributed by atoms with Gasteiger partial charge in [0.05, 0.1) is 41.4 Å². The molecule has 146 valence electrons. The van der Waals surface area contributed by atoms with Gasteiger partial charge in [0.25, 0.3) is 5.69 Å². The Labute approximate surface area is 162 Å². The Balaban J connectivity index is 2.54. The van der Waals surface area contributed by atoms with Gasteiger partial charge in [-0.15, -0.1) is 0 Å². The maximum atomic E-state index is 12.3. The number of nitro groups is 1. The Morgan fingerprint density at radius 2 is 1.75 bits per heavy atom. The van der Waals surface area contributed by atoms with Gasteiger partial charge < -0.3 is 14.8 Å². The first kappa shape index (κ1) is 20.7. The molecule has 0 saturated carbocycles. The van der Waals surface area contributed by atoms with Gasteiger partial charge in [-0.05, 0) is 51.1 Å². The fourth-order valence-electron chi connectivity index (χ4n) is 2.70. The molecule has 0 radical (unpaired) electrons. The fraction of sp³-hybridized carbons (Fsp3) is 0.300. The van der Waals surface area contributed by atoms with Crippen LogP contribution in [-0.2, 0) is 4.79 Å². The van der Waals surface area contributed by atoms with Crippen molar-refractivity contribution in [3.8, 4) is 17.6 Å². The Hall–Kier alpha value is -3.60. The number of nitrogens with one attached hydrogen (secondary N) is 1. The van der Waals surface area contributed by atoms with Crippen molar-refractivity contribution in [3.05, 3.63) is 57.6 Å². The number of ketones is 1. The van der Waals surface area contributed by atoms with Crippen LogP contribution in [-0.4, -0.2) is 23.9 Å². The lowest BCUT2D eigenvalue weighted by molar-refractivity contribution is -0.385. The predicted molar refractivity (Wildman–Crippen MR) is 104 cm³/mol. The molecule has 0 aliphatic heterocycles. The van der Waals surface area contributed by atoms with Crippen molar-refractivity contribution in [1.29, 1.82) is 5.26 Å². The normalized spacial score (nSPS) is 11.2. The van der Waals surface area contributed by atoms with Crippen LogP contribution in [0.3, 0.4) is 0 Å². The summed E-state index contributed by atoms with van der Waals surface area (Å²) in [4.78, 5) is 23.4. The quantitative estimate of drug-likeness (QED) is 0.514. The lowest BCUT2D eigenvalue weighted by Crippen LogP contribution is -2.20. The van der Waals surface area contributed by atoms with Gasteiger partial charge in [0.15, 0.2) is 17.3 Å². The van der Waals surface area contributed by atoms with Gasteiger partial charge in [-0.3, -0.25) is 14.9 Å². The van der Waals surface area contributed by atoms with Gasteiger partial charge in [-0.2, -0.15) is 5.26 Å². The molecule has 0 spiro atoms. The van der Waals surface area contributed by atoms with Gasteiger partial charge in [0.2, 0.25) is 0 Å². The molecule has 8 heteroatoms. The topological polar surface area (TPSA) is 114 Å². The molecule has 0 aliphatic carbocycles. The summed E-state index contributed by atoms with van der Waals surface area (Å²) in [6.45, 7) is 5.55. The molecule has 0 aliphatic rings. The second-order valence-electron chi connectivity index (χ2n) is 5.86. The van der Waals surface area contributed by atoms with E-state index in [2.05, 4.69) is 5.32 Å². The number of nitro benzene ring substituents is 1. The summed E-state index contributed by atoms with van der Waals surface area (Å²) < 4.78 is 11.0. The molecule has 0 heterocycles. The van der Waals surface area contributed by atoms with Gasteiger partial charge in [0.1, 0.15) is 6.04 Å². The number of carbonyl (C=O) groups is 1. The third-order valence-electron chi connectivity index (χ3n) is 3.93. The maximum absolute atomic E-state index is 12.3. The summed E-state index contributed by atoms with van der Waals surface area (Å²) in [6, 6.07) is 10.3. The SMILES string of the molecule is CCOc1cc(C(Nc2ccc(C#N)cc2)C(C)=O)c([N+](=O)[O-])cc1OCC. The zero-order valence-corrected chi connectivity index (χ0v) is 15.9. The Morgan fingerprint density at radius 3 is 2.21 bits per heavy atom. The van der Waals surface area contributed by atoms with Crippen LogP contribution in [0.1, 0.15) is 37.9 Å². The largest absolute Gasteiger partial charge is 0.490 e. The minimum Gasteiger partial charge on any atom is -0.490 e. The Kier molecular flexibility index (Phi) is 6.93. The third-order valence-corrected chi connectivity index (χ3v) is 3.93. The van der Waals surface area contributed by atoms with Crippen LogP contribution < -0.4 is 14.8 Å². The number of carbonyl (C=O) groups excluding carboxylic acids is 1. The minimum absolute atomic E-state index is 0.175. The van der Waals surface area contributed by atoms with Crippen molar-refractivity contribution in [1.82, 2.24) is 0 Å². The second-order valence-corrected chi connectivity index (χ2v) is 5.86. The lowest BCUT2D eigenvalue weighted by Gasteiger charge is -2.20. The van der Waals surface area contributed by atoms with Gasteiger partial charge in [-0.1, -0.05) is 0 Å². The third kappa shape index (κ3) is 4.76. The van der Waals surface area contributed by atoms with Crippen LogP contribution in [0.2, 0.25) is 0 Å². The van der Waals surface area contributed by atoms with Crippen LogP contribution in [0, 0.1) is 21.4 Å². The molecule has 0 amide bonds. The first-order chi connectivity index (χ1) is 13.4. The Bertz CT molecular complexity index is 903. The number of hydrogen-bond acceptors (Lipinski definition) is 7. The van der Waals surface area contributed by atoms with Crippen LogP contribution in [0.25, 0.3) is 0 Å². The van der Waals surface area contributed by atoms with E-state index in [9.17, 15) is 14.9 Å². The summed E-state index contributed by atoms with van der Waals surface area (Å²) in [7, 11) is 0. The van der Waals surface area contributed by atoms with E-state index in [-0.39, 0.29) is 22.8 Å². The average Bonchev–Trinajstić information content (AvgIpc) is 2.67. The zero-order valence-electron chi connectivity index (χ0n) is 15.9. The van der Waals surface area contributed by atoms with E-state index in [4.69, 9.17) is 14.7 Å². The van der Waals surface area contributed by atoms with Crippen molar-refractivity contribution in [2.45, 2.75) is 26.8 Å². The number of rotatable bonds is 9. The van der Waals surface area contributed by atoms with Crippen LogP contribution in [0.4, 0.5) is 11.4 Å². The number of anilines is 1. The highest BCUT2D eigenvalue weighted by atomic mass is 16.6. The van der Waals surface area contributed by atoms with Crippen molar-refractivity contribution >= 4 is 17.2 Å². The van der Waals surface area contributed by atoms with Crippen LogP contribution in [0.5, 0.6) is 11.5 Å². The molecule has 1 N–H and O–H groups in total. The number of benzene rings is 2. The molecule has 1 unspecified atom stereocenters. The highest BCUT2D eigenvalue weighted by Gasteiger charge is 2.29. The van der Waals surface area contributed by atoms with E-state index in [0.29, 0.717) is 30.2 Å². The van der Waals surface area contributed by atoms with E-state index in [1.807, 2.05) is 6.07 Å². The van der Waals surface area contributed by atoms with E-state index < -0.39 is 11.0 Å². The molecular formula is C20H21N3O5. The van der Waals surface area contributed by atoms with E-state index in [1.54, 1.807) is 38.1 Å². The molecule has 2 aromatic rings. The molecule has 2 rings (SSSR count). The number of nitrogens with zero attached hydrogens (tertiary/aromatic N) is 2. The van der Waals surface area contributed by atoms with Gasteiger partial charge in [-0.25, -0.2) is 0 Å². The molecule has 0 saturated heterocycles. The first-order valence-corrected chi connectivity index (χ1v) is 8.76. The van der Waals surface area contributed by atoms with Crippen molar-refractivity contribution in [2.75, 3.05) is 18.5 Å². The lowest BCUT2D eigenvalue weighted by atomic mass is 10.00. The summed E-state index contributed by atoms with van der Waals surface area (Å²) in [5, 5.41) is 23.5. The molecular weight excluding hydrogens is 362 g/mol. The molecule has 1 atom stereocenters. The van der Waals surface area contributed by atoms with Gasteiger partial charge >= 0.3 is 0 Å². The number of Topliss-reactive ketones (excluding diaryl/α,β-unsaturated/α-hetero) is 1. The van der Waals surface area contributed by atoms with Crippen molar-refractivity contribution in [3.63, 3.8) is 0 Å². The smallest absolute Gasteiger partial charge is 0.279 e. The highest BCUT2D eigenvalue weighted by molar-refractivity contribution is 5.87. The fourth-order valence-corrected chi connectivity index (χ4v) is 2.70. The second kappa shape index (κ2) is 9.37. The average molecular weight is 383 g/mol. The Morgan fingerprint density at radius 1 is 1.18 bits per heavy atom. The zero-order chi connectivity index (χ0) is 20.7. The number of ether oxygens (including phenoxy) is 2. The molecule has 0 aromatic heterocycles. The standard InChI is InChI=1S/C20H21N3O5/c1-4-27-18-10-16(17(23(25)26)11-19(18)28-5-2)20(13(3)24)22-15-8-6-14(12-21)7-9-15/h6-11,20,22H,4-5H2,1-3H3. The van der Waals surface area contributed by atoms with Crippen LogP contribution >= 0.6 is 0 Å². The van der Waals surface area contributed by atoms with E-state index >= 15 is 0 Å². The molecule has 8 nitrogen and oxygen atoms in total. The molecule has 2 aromatic carbocycles. The van der Waals surface area contributed by atoms with Crippen LogP contribution in [0.15, 0.2) is 36.4 Å². The summed E-state index contributed by atoms with van der Waals surface area (Å²) in [6.07, 6.45) is 0. The summed E-state index contributed by atoms with van der Waals surface area (Å²) in [5.74, 6) is 0.275. The van der Waals surface area contributed by atoms with Crippen molar-refractivity contribution < 1.29 is 19.2 Å². The van der Waals surface area contributed by atoms with Gasteiger partial charge in [0, 0.05) is 5.69 Å². The van der Waals surface area contributed by atoms with E-state index in [0.717, 1.165) is 0 Å². The number of nitriles is 1. The van der Waals surface area contributed by atoms with Crippen molar-refractivity contribution in [2.24, 2.45) is 0 Å². The monoisotopic (exact) mass is 383 g/mol. The maximum Gasteiger partial charge on any atom is 0.279 e. The predicted octanol–water partition coefficient (Wildman–Crippen LogP) is 4.01. The van der Waals surface area contributed by atoms with E-state index in [1.165, 1.54) is 19.1 Å². The summed E-state index contributed by atoms with van der Waals surface area (Å²) >= 11 is 0. The highest BCUT2D eigenvalue weighted by Crippen LogP contribution is 2.39. The molecule has 28 heavy (non-hydrogen) atoms. The first-order valence-electron chi connectivity index (χ1n) is 8.76. The molecule has 0 bridgehead atoms. The minimum atomic E-state index is -0.969. The molecule has 0 fully saturated rings. The summed E-state index contributed by atoms with van der Waals surface area (Å²) in [5.41, 5.74) is 0.956.